The number of rotatable bonds is 8. The van der Waals surface area contributed by atoms with Gasteiger partial charge in [-0.1, -0.05) is 60.7 Å². The van der Waals surface area contributed by atoms with E-state index in [0.29, 0.717) is 0 Å². The van der Waals surface area contributed by atoms with Gasteiger partial charge >= 0.3 is 0 Å². The third-order valence-corrected chi connectivity index (χ3v) is 3.80. The Labute approximate surface area is 154 Å². The number of amides is 2. The third kappa shape index (κ3) is 6.91. The Morgan fingerprint density at radius 1 is 1.00 bits per heavy atom. The second kappa shape index (κ2) is 10.2. The molecular weight excluding hydrogens is 326 g/mol. The molecule has 0 saturated heterocycles. The maximum absolute atomic E-state index is 12.2. The summed E-state index contributed by atoms with van der Waals surface area (Å²) < 4.78 is 0. The highest BCUT2D eigenvalue weighted by molar-refractivity contribution is 5.94. The second-order valence-corrected chi connectivity index (χ2v) is 6.40. The van der Waals surface area contributed by atoms with Crippen LogP contribution in [-0.2, 0) is 9.59 Å². The Balaban J connectivity index is 1.85. The highest BCUT2D eigenvalue weighted by atomic mass is 16.2. The number of benzene rings is 2. The van der Waals surface area contributed by atoms with Crippen molar-refractivity contribution in [3.05, 3.63) is 77.9 Å². The molecule has 2 aromatic rings. The third-order valence-electron chi connectivity index (χ3n) is 3.80. The molecule has 0 bridgehead atoms. The van der Waals surface area contributed by atoms with Crippen LogP contribution in [-0.4, -0.2) is 39.0 Å². The molecule has 0 saturated carbocycles. The van der Waals surface area contributed by atoms with Crippen molar-refractivity contribution in [1.29, 1.82) is 0 Å². The molecule has 0 heterocycles. The zero-order valence-corrected chi connectivity index (χ0v) is 15.2. The van der Waals surface area contributed by atoms with Crippen LogP contribution in [0, 0.1) is 0 Å². The lowest BCUT2D eigenvalue weighted by Crippen LogP contribution is -3.06. The predicted molar refractivity (Wildman–Crippen MR) is 103 cm³/mol. The molecule has 26 heavy (non-hydrogen) atoms. The van der Waals surface area contributed by atoms with Crippen molar-refractivity contribution in [3.63, 3.8) is 0 Å². The van der Waals surface area contributed by atoms with E-state index in [1.807, 2.05) is 74.8 Å². The van der Waals surface area contributed by atoms with Crippen LogP contribution in [0.15, 0.2) is 66.7 Å². The fourth-order valence-electron chi connectivity index (χ4n) is 2.55. The number of nitrogens with one attached hydrogen (secondary N) is 3. The first-order valence-electron chi connectivity index (χ1n) is 8.69. The summed E-state index contributed by atoms with van der Waals surface area (Å²) in [7, 11) is 4.08. The smallest absolute Gasteiger partial charge is 0.244 e. The fourth-order valence-corrected chi connectivity index (χ4v) is 2.55. The van der Waals surface area contributed by atoms with E-state index < -0.39 is 0 Å². The molecule has 2 amide bonds. The van der Waals surface area contributed by atoms with E-state index in [1.165, 1.54) is 11.0 Å². The molecule has 0 aromatic heterocycles. The molecule has 1 atom stereocenters. The SMILES string of the molecule is C[NH+](C)C[C@H](NC(=O)CNC(=O)/C=C/c1ccccc1)c1ccccc1. The second-order valence-electron chi connectivity index (χ2n) is 6.40. The molecule has 3 N–H and O–H groups in total. The molecule has 136 valence electrons. The fraction of sp³-hybridized carbons (Fsp3) is 0.238. The zero-order valence-electron chi connectivity index (χ0n) is 15.2. The first-order chi connectivity index (χ1) is 12.5. The molecular formula is C21H26N3O2+. The van der Waals surface area contributed by atoms with E-state index in [9.17, 15) is 9.59 Å². The lowest BCUT2D eigenvalue weighted by atomic mass is 10.1. The molecule has 2 rings (SSSR count). The van der Waals surface area contributed by atoms with E-state index in [-0.39, 0.29) is 24.4 Å². The minimum absolute atomic E-state index is 0.0515. The molecule has 0 fully saturated rings. The van der Waals surface area contributed by atoms with Crippen molar-refractivity contribution < 1.29 is 14.5 Å². The van der Waals surface area contributed by atoms with Gasteiger partial charge in [-0.25, -0.2) is 0 Å². The van der Waals surface area contributed by atoms with Gasteiger partial charge in [0.15, 0.2) is 0 Å². The van der Waals surface area contributed by atoms with Gasteiger partial charge in [0.25, 0.3) is 0 Å². The minimum Gasteiger partial charge on any atom is -0.343 e. The number of hydrogen-bond acceptors (Lipinski definition) is 2. The summed E-state index contributed by atoms with van der Waals surface area (Å²) in [4.78, 5) is 25.3. The molecule has 0 aliphatic heterocycles. The van der Waals surface area contributed by atoms with E-state index in [1.54, 1.807) is 6.08 Å². The Bertz CT molecular complexity index is 727. The van der Waals surface area contributed by atoms with Crippen LogP contribution in [0.4, 0.5) is 0 Å². The summed E-state index contributed by atoms with van der Waals surface area (Å²) in [5.41, 5.74) is 1.99. The van der Waals surface area contributed by atoms with E-state index in [4.69, 9.17) is 0 Å². The molecule has 0 spiro atoms. The van der Waals surface area contributed by atoms with Gasteiger partial charge in [-0.15, -0.1) is 0 Å². The summed E-state index contributed by atoms with van der Waals surface area (Å²) >= 11 is 0. The molecule has 2 aromatic carbocycles. The van der Waals surface area contributed by atoms with Crippen LogP contribution in [0.5, 0.6) is 0 Å². The van der Waals surface area contributed by atoms with Crippen molar-refractivity contribution >= 4 is 17.9 Å². The van der Waals surface area contributed by atoms with E-state index >= 15 is 0 Å². The number of carbonyl (C=O) groups excluding carboxylic acids is 2. The summed E-state index contributed by atoms with van der Waals surface area (Å²) in [6.45, 7) is 0.710. The summed E-state index contributed by atoms with van der Waals surface area (Å²) in [6, 6.07) is 19.3. The number of quaternary nitrogens is 1. The van der Waals surface area contributed by atoms with Crippen LogP contribution < -0.4 is 15.5 Å². The van der Waals surface area contributed by atoms with E-state index in [2.05, 4.69) is 10.6 Å². The molecule has 5 nitrogen and oxygen atoms in total. The number of carbonyl (C=O) groups is 2. The van der Waals surface area contributed by atoms with Crippen LogP contribution in [0.2, 0.25) is 0 Å². The monoisotopic (exact) mass is 352 g/mol. The largest absolute Gasteiger partial charge is 0.343 e. The predicted octanol–water partition coefficient (Wildman–Crippen LogP) is 0.818. The zero-order chi connectivity index (χ0) is 18.8. The first kappa shape index (κ1) is 19.4. The van der Waals surface area contributed by atoms with Crippen LogP contribution in [0.1, 0.15) is 17.2 Å². The van der Waals surface area contributed by atoms with Crippen molar-refractivity contribution in [1.82, 2.24) is 10.6 Å². The maximum atomic E-state index is 12.2. The quantitative estimate of drug-likeness (QED) is 0.616. The lowest BCUT2D eigenvalue weighted by Gasteiger charge is -2.21. The van der Waals surface area contributed by atoms with Crippen molar-refractivity contribution in [3.8, 4) is 0 Å². The highest BCUT2D eigenvalue weighted by Crippen LogP contribution is 2.10. The van der Waals surface area contributed by atoms with Crippen molar-refractivity contribution in [2.75, 3.05) is 27.2 Å². The van der Waals surface area contributed by atoms with Crippen LogP contribution in [0.25, 0.3) is 6.08 Å². The lowest BCUT2D eigenvalue weighted by molar-refractivity contribution is -0.860. The minimum atomic E-state index is -0.293. The molecule has 0 radical (unpaired) electrons. The highest BCUT2D eigenvalue weighted by Gasteiger charge is 2.17. The Morgan fingerprint density at radius 3 is 2.23 bits per heavy atom. The molecule has 0 aliphatic rings. The van der Waals surface area contributed by atoms with Gasteiger partial charge in [-0.05, 0) is 17.2 Å². The van der Waals surface area contributed by atoms with Gasteiger partial charge in [0.05, 0.1) is 20.6 Å². The first-order valence-corrected chi connectivity index (χ1v) is 8.69. The van der Waals surface area contributed by atoms with Crippen LogP contribution in [0.3, 0.4) is 0 Å². The number of likely N-dealkylation sites (N-methyl/N-ethyl adjacent to an activating group) is 1. The topological polar surface area (TPSA) is 62.6 Å². The van der Waals surface area contributed by atoms with Gasteiger partial charge in [0, 0.05) is 6.08 Å². The van der Waals surface area contributed by atoms with Gasteiger partial charge in [0.1, 0.15) is 12.6 Å². The van der Waals surface area contributed by atoms with Gasteiger partial charge in [0.2, 0.25) is 11.8 Å². The summed E-state index contributed by atoms with van der Waals surface area (Å²) in [5, 5.41) is 5.61. The van der Waals surface area contributed by atoms with Gasteiger partial charge < -0.3 is 15.5 Å². The van der Waals surface area contributed by atoms with Gasteiger partial charge in [-0.3, -0.25) is 9.59 Å². The molecule has 0 aliphatic carbocycles. The molecule has 0 unspecified atom stereocenters. The Kier molecular flexibility index (Phi) is 7.58. The average Bonchev–Trinajstić information content (AvgIpc) is 2.65. The maximum Gasteiger partial charge on any atom is 0.244 e. The normalized spacial score (nSPS) is 12.1. The van der Waals surface area contributed by atoms with E-state index in [0.717, 1.165) is 17.7 Å². The van der Waals surface area contributed by atoms with Crippen molar-refractivity contribution in [2.45, 2.75) is 6.04 Å². The van der Waals surface area contributed by atoms with Gasteiger partial charge in [-0.2, -0.15) is 0 Å². The Morgan fingerprint density at radius 2 is 1.62 bits per heavy atom. The van der Waals surface area contributed by atoms with Crippen LogP contribution >= 0.6 is 0 Å². The standard InChI is InChI=1S/C21H25N3O2/c1-24(2)16-19(18-11-7-4-8-12-18)23-21(26)15-22-20(25)14-13-17-9-5-3-6-10-17/h3-14,19H,15-16H2,1-2H3,(H,22,25)(H,23,26)/p+1/b14-13+/t19-/m0/s1. The summed E-state index contributed by atoms with van der Waals surface area (Å²) in [6.07, 6.45) is 3.15. The summed E-state index contributed by atoms with van der Waals surface area (Å²) in [5.74, 6) is -0.500. The average molecular weight is 352 g/mol. The Hall–Kier alpha value is -2.92. The molecule has 5 heteroatoms. The number of hydrogen-bond donors (Lipinski definition) is 3. The van der Waals surface area contributed by atoms with Crippen molar-refractivity contribution in [2.24, 2.45) is 0 Å².